The second kappa shape index (κ2) is 10.0. The van der Waals surface area contributed by atoms with Crippen molar-refractivity contribution in [3.05, 3.63) is 23.8 Å². The van der Waals surface area contributed by atoms with Crippen LogP contribution in [0.15, 0.2) is 18.2 Å². The molecule has 1 aromatic carbocycles. The Morgan fingerprint density at radius 2 is 2.00 bits per heavy atom. The number of nitrogens with one attached hydrogen (secondary N) is 1. The SMILES string of the molecule is CCCOc1ccc(C(=O)NCCCCN)cc1OCC. The summed E-state index contributed by atoms with van der Waals surface area (Å²) in [6.07, 6.45) is 2.72. The lowest BCUT2D eigenvalue weighted by Gasteiger charge is -2.13. The van der Waals surface area contributed by atoms with Gasteiger partial charge in [0.15, 0.2) is 11.5 Å². The third-order valence-electron chi connectivity index (χ3n) is 2.88. The van der Waals surface area contributed by atoms with Gasteiger partial charge in [0.2, 0.25) is 0 Å². The van der Waals surface area contributed by atoms with Gasteiger partial charge in [0.25, 0.3) is 5.91 Å². The van der Waals surface area contributed by atoms with Crippen LogP contribution in [0.3, 0.4) is 0 Å². The van der Waals surface area contributed by atoms with E-state index in [1.807, 2.05) is 13.8 Å². The van der Waals surface area contributed by atoms with Gasteiger partial charge in [0.1, 0.15) is 0 Å². The van der Waals surface area contributed by atoms with Crippen LogP contribution in [-0.4, -0.2) is 32.2 Å². The largest absolute Gasteiger partial charge is 0.490 e. The van der Waals surface area contributed by atoms with Crippen LogP contribution in [-0.2, 0) is 0 Å². The minimum Gasteiger partial charge on any atom is -0.490 e. The maximum atomic E-state index is 12.1. The summed E-state index contributed by atoms with van der Waals surface area (Å²) in [6, 6.07) is 5.27. The summed E-state index contributed by atoms with van der Waals surface area (Å²) in [5.41, 5.74) is 6.00. The summed E-state index contributed by atoms with van der Waals surface area (Å²) >= 11 is 0. The molecule has 5 nitrogen and oxygen atoms in total. The van der Waals surface area contributed by atoms with Crippen molar-refractivity contribution in [3.8, 4) is 11.5 Å². The van der Waals surface area contributed by atoms with Gasteiger partial charge in [-0.3, -0.25) is 4.79 Å². The average molecular weight is 294 g/mol. The second-order valence-corrected chi connectivity index (χ2v) is 4.69. The number of hydrogen-bond donors (Lipinski definition) is 2. The number of unbranched alkanes of at least 4 members (excludes halogenated alkanes) is 1. The van der Waals surface area contributed by atoms with Crippen molar-refractivity contribution in [3.63, 3.8) is 0 Å². The molecule has 21 heavy (non-hydrogen) atoms. The highest BCUT2D eigenvalue weighted by atomic mass is 16.5. The molecule has 1 rings (SSSR count). The lowest BCUT2D eigenvalue weighted by Crippen LogP contribution is -2.24. The number of carbonyl (C=O) groups is 1. The molecule has 0 fully saturated rings. The number of nitrogens with two attached hydrogens (primary N) is 1. The molecule has 1 amide bonds. The number of ether oxygens (including phenoxy) is 2. The quantitative estimate of drug-likeness (QED) is 0.650. The number of amides is 1. The van der Waals surface area contributed by atoms with Crippen LogP contribution in [0.25, 0.3) is 0 Å². The molecule has 0 saturated carbocycles. The van der Waals surface area contributed by atoms with Gasteiger partial charge >= 0.3 is 0 Å². The first kappa shape index (κ1) is 17.3. The van der Waals surface area contributed by atoms with Gasteiger partial charge in [-0.25, -0.2) is 0 Å². The lowest BCUT2D eigenvalue weighted by molar-refractivity contribution is 0.0952. The molecular weight excluding hydrogens is 268 g/mol. The summed E-state index contributed by atoms with van der Waals surface area (Å²) in [5.74, 6) is 1.19. The highest BCUT2D eigenvalue weighted by Gasteiger charge is 2.11. The fourth-order valence-electron chi connectivity index (χ4n) is 1.82. The smallest absolute Gasteiger partial charge is 0.251 e. The van der Waals surface area contributed by atoms with Gasteiger partial charge in [-0.05, 0) is 50.9 Å². The number of benzene rings is 1. The van der Waals surface area contributed by atoms with Crippen LogP contribution in [0.4, 0.5) is 0 Å². The van der Waals surface area contributed by atoms with Gasteiger partial charge in [-0.2, -0.15) is 0 Å². The molecular formula is C16H26N2O3. The Balaban J connectivity index is 2.69. The van der Waals surface area contributed by atoms with Crippen LogP contribution in [0.2, 0.25) is 0 Å². The van der Waals surface area contributed by atoms with Gasteiger partial charge < -0.3 is 20.5 Å². The molecule has 118 valence electrons. The van der Waals surface area contributed by atoms with E-state index in [1.54, 1.807) is 18.2 Å². The molecule has 0 spiro atoms. The van der Waals surface area contributed by atoms with Crippen LogP contribution in [0, 0.1) is 0 Å². The van der Waals surface area contributed by atoms with E-state index in [9.17, 15) is 4.79 Å². The van der Waals surface area contributed by atoms with Gasteiger partial charge in [0.05, 0.1) is 13.2 Å². The monoisotopic (exact) mass is 294 g/mol. The van der Waals surface area contributed by atoms with E-state index in [2.05, 4.69) is 5.32 Å². The van der Waals surface area contributed by atoms with Crippen LogP contribution < -0.4 is 20.5 Å². The van der Waals surface area contributed by atoms with Crippen LogP contribution in [0.5, 0.6) is 11.5 Å². The number of hydrogen-bond acceptors (Lipinski definition) is 4. The summed E-state index contributed by atoms with van der Waals surface area (Å²) in [6.45, 7) is 6.39. The van der Waals surface area contributed by atoms with E-state index in [0.717, 1.165) is 19.3 Å². The second-order valence-electron chi connectivity index (χ2n) is 4.69. The Bertz CT molecular complexity index is 436. The fraction of sp³-hybridized carbons (Fsp3) is 0.562. The topological polar surface area (TPSA) is 73.6 Å². The normalized spacial score (nSPS) is 10.2. The molecule has 1 aromatic rings. The lowest BCUT2D eigenvalue weighted by atomic mass is 10.2. The predicted octanol–water partition coefficient (Wildman–Crippen LogP) is 2.34. The summed E-state index contributed by atoms with van der Waals surface area (Å²) in [7, 11) is 0. The molecule has 0 saturated heterocycles. The van der Waals surface area contributed by atoms with Crippen molar-refractivity contribution in [1.29, 1.82) is 0 Å². The first-order chi connectivity index (χ1) is 10.2. The fourth-order valence-corrected chi connectivity index (χ4v) is 1.82. The molecule has 5 heteroatoms. The molecule has 0 unspecified atom stereocenters. The van der Waals surface area contributed by atoms with Crippen molar-refractivity contribution in [2.75, 3.05) is 26.3 Å². The van der Waals surface area contributed by atoms with Crippen molar-refractivity contribution in [2.45, 2.75) is 33.1 Å². The number of carbonyl (C=O) groups excluding carboxylic acids is 1. The third kappa shape index (κ3) is 6.04. The van der Waals surface area contributed by atoms with E-state index < -0.39 is 0 Å². The van der Waals surface area contributed by atoms with E-state index in [1.165, 1.54) is 0 Å². The summed E-state index contributed by atoms with van der Waals surface area (Å²) < 4.78 is 11.2. The maximum absolute atomic E-state index is 12.1. The van der Waals surface area contributed by atoms with Gasteiger partial charge in [-0.1, -0.05) is 6.92 Å². The Hall–Kier alpha value is -1.75. The van der Waals surface area contributed by atoms with Crippen LogP contribution >= 0.6 is 0 Å². The molecule has 3 N–H and O–H groups in total. The zero-order valence-electron chi connectivity index (χ0n) is 13.0. The minimum absolute atomic E-state index is 0.102. The summed E-state index contributed by atoms with van der Waals surface area (Å²) in [5, 5.41) is 2.87. The number of rotatable bonds is 10. The third-order valence-corrected chi connectivity index (χ3v) is 2.88. The molecule has 0 heterocycles. The highest BCUT2D eigenvalue weighted by molar-refractivity contribution is 5.94. The van der Waals surface area contributed by atoms with E-state index >= 15 is 0 Å². The van der Waals surface area contributed by atoms with Crippen molar-refractivity contribution in [2.24, 2.45) is 5.73 Å². The average Bonchev–Trinajstić information content (AvgIpc) is 2.50. The Morgan fingerprint density at radius 3 is 2.67 bits per heavy atom. The Labute approximate surface area is 126 Å². The van der Waals surface area contributed by atoms with E-state index in [4.69, 9.17) is 15.2 Å². The Morgan fingerprint density at radius 1 is 1.19 bits per heavy atom. The first-order valence-corrected chi connectivity index (χ1v) is 7.60. The summed E-state index contributed by atoms with van der Waals surface area (Å²) in [4.78, 5) is 12.1. The van der Waals surface area contributed by atoms with Gasteiger partial charge in [0, 0.05) is 12.1 Å². The molecule has 0 bridgehead atoms. The standard InChI is InChI=1S/C16H26N2O3/c1-3-11-21-14-8-7-13(12-15(14)20-4-2)16(19)18-10-6-5-9-17/h7-8,12H,3-6,9-11,17H2,1-2H3,(H,18,19). The van der Waals surface area contributed by atoms with Crippen molar-refractivity contribution < 1.29 is 14.3 Å². The van der Waals surface area contributed by atoms with E-state index in [-0.39, 0.29) is 5.91 Å². The van der Waals surface area contributed by atoms with Gasteiger partial charge in [-0.15, -0.1) is 0 Å². The predicted molar refractivity (Wildman–Crippen MR) is 84.0 cm³/mol. The van der Waals surface area contributed by atoms with Crippen molar-refractivity contribution in [1.82, 2.24) is 5.32 Å². The maximum Gasteiger partial charge on any atom is 0.251 e. The molecule has 0 aliphatic rings. The molecule has 0 aromatic heterocycles. The van der Waals surface area contributed by atoms with Crippen LogP contribution in [0.1, 0.15) is 43.5 Å². The highest BCUT2D eigenvalue weighted by Crippen LogP contribution is 2.28. The molecule has 0 radical (unpaired) electrons. The zero-order chi connectivity index (χ0) is 15.5. The van der Waals surface area contributed by atoms with Crippen molar-refractivity contribution >= 4 is 5.91 Å². The van der Waals surface area contributed by atoms with E-state index in [0.29, 0.717) is 43.4 Å². The Kier molecular flexibility index (Phi) is 8.28. The molecule has 0 aliphatic carbocycles. The minimum atomic E-state index is -0.102. The first-order valence-electron chi connectivity index (χ1n) is 7.60. The molecule has 0 atom stereocenters. The zero-order valence-corrected chi connectivity index (χ0v) is 13.0. The molecule has 0 aliphatic heterocycles.